The summed E-state index contributed by atoms with van der Waals surface area (Å²) in [6.07, 6.45) is 4.41. The van der Waals surface area contributed by atoms with E-state index < -0.39 is 10.0 Å². The number of sulfonamides is 1. The van der Waals surface area contributed by atoms with E-state index in [1.165, 1.54) is 4.88 Å². The zero-order valence-corrected chi connectivity index (χ0v) is 16.3. The summed E-state index contributed by atoms with van der Waals surface area (Å²) >= 11 is 1.69. The Morgan fingerprint density at radius 1 is 1.31 bits per heavy atom. The highest BCUT2D eigenvalue weighted by molar-refractivity contribution is 7.89. The third-order valence-corrected chi connectivity index (χ3v) is 7.72. The molecule has 1 atom stereocenters. The SMILES string of the molecule is CCCS(=O)(=O)N1CCCC(c2nc3ccc(-c4cccs4)cn3n2)C1. The van der Waals surface area contributed by atoms with Gasteiger partial charge in [-0.1, -0.05) is 13.0 Å². The van der Waals surface area contributed by atoms with Gasteiger partial charge in [-0.2, -0.15) is 5.10 Å². The van der Waals surface area contributed by atoms with E-state index in [4.69, 9.17) is 0 Å². The van der Waals surface area contributed by atoms with Gasteiger partial charge in [-0.25, -0.2) is 22.2 Å². The Morgan fingerprint density at radius 2 is 2.19 bits per heavy atom. The third-order valence-electron chi connectivity index (χ3n) is 4.76. The molecule has 0 N–H and O–H groups in total. The van der Waals surface area contributed by atoms with Gasteiger partial charge in [-0.3, -0.25) is 0 Å². The van der Waals surface area contributed by atoms with Crippen molar-refractivity contribution in [3.8, 4) is 10.4 Å². The molecule has 3 aromatic heterocycles. The number of hydrogen-bond acceptors (Lipinski definition) is 5. The molecule has 0 amide bonds. The Hall–Kier alpha value is -1.77. The van der Waals surface area contributed by atoms with Crippen LogP contribution in [0.1, 0.15) is 37.9 Å². The summed E-state index contributed by atoms with van der Waals surface area (Å²) in [6, 6.07) is 8.14. The van der Waals surface area contributed by atoms with Gasteiger partial charge in [0, 0.05) is 35.6 Å². The highest BCUT2D eigenvalue weighted by atomic mass is 32.2. The second-order valence-corrected chi connectivity index (χ2v) is 9.72. The first-order valence-electron chi connectivity index (χ1n) is 8.95. The van der Waals surface area contributed by atoms with Crippen molar-refractivity contribution in [1.82, 2.24) is 18.9 Å². The van der Waals surface area contributed by atoms with Crippen LogP contribution in [0.4, 0.5) is 0 Å². The van der Waals surface area contributed by atoms with Crippen molar-refractivity contribution in [3.05, 3.63) is 41.7 Å². The minimum atomic E-state index is -3.17. The molecule has 4 heterocycles. The summed E-state index contributed by atoms with van der Waals surface area (Å²) < 4.78 is 28.2. The van der Waals surface area contributed by atoms with E-state index in [2.05, 4.69) is 27.6 Å². The largest absolute Gasteiger partial charge is 0.220 e. The molecule has 1 unspecified atom stereocenters. The van der Waals surface area contributed by atoms with Crippen LogP contribution in [0, 0.1) is 0 Å². The first-order valence-corrected chi connectivity index (χ1v) is 11.4. The van der Waals surface area contributed by atoms with E-state index in [1.54, 1.807) is 15.6 Å². The van der Waals surface area contributed by atoms with Gasteiger partial charge in [0.05, 0.1) is 5.75 Å². The molecule has 26 heavy (non-hydrogen) atoms. The van der Waals surface area contributed by atoms with Gasteiger partial charge in [-0.05, 0) is 42.8 Å². The average Bonchev–Trinajstić information content (AvgIpc) is 3.31. The van der Waals surface area contributed by atoms with Crippen LogP contribution in [-0.2, 0) is 10.0 Å². The van der Waals surface area contributed by atoms with Gasteiger partial charge in [0.25, 0.3) is 0 Å². The van der Waals surface area contributed by atoms with E-state index in [0.717, 1.165) is 29.9 Å². The first kappa shape index (κ1) is 17.6. The fourth-order valence-corrected chi connectivity index (χ4v) is 5.76. The van der Waals surface area contributed by atoms with E-state index in [-0.39, 0.29) is 11.7 Å². The van der Waals surface area contributed by atoms with Gasteiger partial charge < -0.3 is 0 Å². The minimum absolute atomic E-state index is 0.0560. The molecule has 1 fully saturated rings. The van der Waals surface area contributed by atoms with Crippen molar-refractivity contribution in [2.75, 3.05) is 18.8 Å². The first-order chi connectivity index (χ1) is 12.6. The highest BCUT2D eigenvalue weighted by Crippen LogP contribution is 2.28. The molecule has 3 aromatic rings. The Balaban J connectivity index is 1.60. The van der Waals surface area contributed by atoms with Gasteiger partial charge in [-0.15, -0.1) is 11.3 Å². The van der Waals surface area contributed by atoms with Crippen molar-refractivity contribution in [1.29, 1.82) is 0 Å². The van der Waals surface area contributed by atoms with Crippen molar-refractivity contribution in [2.45, 2.75) is 32.1 Å². The maximum Gasteiger partial charge on any atom is 0.214 e. The molecule has 4 rings (SSSR count). The molecule has 0 bridgehead atoms. The summed E-state index contributed by atoms with van der Waals surface area (Å²) in [6.45, 7) is 2.99. The Kier molecular flexibility index (Phi) is 4.81. The molecule has 1 saturated heterocycles. The zero-order valence-electron chi connectivity index (χ0n) is 14.7. The Bertz CT molecular complexity index is 996. The van der Waals surface area contributed by atoms with E-state index in [0.29, 0.717) is 19.5 Å². The predicted octanol–water partition coefficient (Wildman–Crippen LogP) is 3.38. The maximum absolute atomic E-state index is 12.4. The summed E-state index contributed by atoms with van der Waals surface area (Å²) in [5, 5.41) is 6.71. The molecule has 8 heteroatoms. The van der Waals surface area contributed by atoms with Gasteiger partial charge in [0.1, 0.15) is 0 Å². The number of hydrogen-bond donors (Lipinski definition) is 0. The fourth-order valence-electron chi connectivity index (χ4n) is 3.45. The number of nitrogens with zero attached hydrogens (tertiary/aromatic N) is 4. The van der Waals surface area contributed by atoms with Crippen LogP contribution in [-0.4, -0.2) is 46.2 Å². The third kappa shape index (κ3) is 3.41. The monoisotopic (exact) mass is 390 g/mol. The van der Waals surface area contributed by atoms with Gasteiger partial charge in [0.2, 0.25) is 10.0 Å². The molecule has 0 spiro atoms. The molecule has 138 valence electrons. The topological polar surface area (TPSA) is 67.6 Å². The van der Waals surface area contributed by atoms with E-state index >= 15 is 0 Å². The van der Waals surface area contributed by atoms with Crippen LogP contribution in [0.25, 0.3) is 16.1 Å². The second-order valence-electron chi connectivity index (χ2n) is 6.68. The summed E-state index contributed by atoms with van der Waals surface area (Å²) in [4.78, 5) is 5.85. The van der Waals surface area contributed by atoms with Crippen molar-refractivity contribution >= 4 is 27.0 Å². The van der Waals surface area contributed by atoms with Crippen LogP contribution < -0.4 is 0 Å². The molecule has 1 aliphatic rings. The molecule has 0 aromatic carbocycles. The number of pyridine rings is 1. The molecule has 6 nitrogen and oxygen atoms in total. The molecule has 0 saturated carbocycles. The number of aromatic nitrogens is 3. The lowest BCUT2D eigenvalue weighted by atomic mass is 9.99. The van der Waals surface area contributed by atoms with Crippen LogP contribution in [0.5, 0.6) is 0 Å². The fraction of sp³-hybridized carbons (Fsp3) is 0.444. The molecular formula is C18H22N4O2S2. The van der Waals surface area contributed by atoms with Crippen molar-refractivity contribution in [3.63, 3.8) is 0 Å². The van der Waals surface area contributed by atoms with Crippen LogP contribution in [0.15, 0.2) is 35.8 Å². The Morgan fingerprint density at radius 3 is 2.96 bits per heavy atom. The van der Waals surface area contributed by atoms with E-state index in [1.807, 2.05) is 29.8 Å². The lowest BCUT2D eigenvalue weighted by Gasteiger charge is -2.30. The second kappa shape index (κ2) is 7.09. The summed E-state index contributed by atoms with van der Waals surface area (Å²) in [5.74, 6) is 1.01. The lowest BCUT2D eigenvalue weighted by molar-refractivity contribution is 0.309. The number of fused-ring (bicyclic) bond motifs is 1. The number of piperidine rings is 1. The predicted molar refractivity (Wildman–Crippen MR) is 104 cm³/mol. The standard InChI is InChI=1S/C18H22N4O2S2/c1-2-11-26(23,24)21-9-3-5-15(12-21)18-19-17-8-7-14(13-22(17)20-18)16-6-4-10-25-16/h4,6-8,10,13,15H,2-3,5,9,11-12H2,1H3. The molecule has 0 radical (unpaired) electrons. The van der Waals surface area contributed by atoms with Crippen LogP contribution >= 0.6 is 11.3 Å². The van der Waals surface area contributed by atoms with Gasteiger partial charge in [0.15, 0.2) is 11.5 Å². The molecule has 1 aliphatic heterocycles. The lowest BCUT2D eigenvalue weighted by Crippen LogP contribution is -2.40. The number of thiophene rings is 1. The molecule has 0 aliphatic carbocycles. The normalized spacial score (nSPS) is 19.2. The average molecular weight is 391 g/mol. The molecular weight excluding hydrogens is 368 g/mol. The van der Waals surface area contributed by atoms with E-state index in [9.17, 15) is 8.42 Å². The zero-order chi connectivity index (χ0) is 18.1. The minimum Gasteiger partial charge on any atom is -0.220 e. The van der Waals surface area contributed by atoms with Crippen molar-refractivity contribution < 1.29 is 8.42 Å². The highest BCUT2D eigenvalue weighted by Gasteiger charge is 2.31. The van der Waals surface area contributed by atoms with Crippen molar-refractivity contribution in [2.24, 2.45) is 0 Å². The number of rotatable bonds is 5. The Labute approximate surface area is 157 Å². The quantitative estimate of drug-likeness (QED) is 0.670. The summed E-state index contributed by atoms with van der Waals surface area (Å²) in [7, 11) is -3.17. The van der Waals surface area contributed by atoms with Crippen LogP contribution in [0.2, 0.25) is 0 Å². The maximum atomic E-state index is 12.4. The van der Waals surface area contributed by atoms with Crippen LogP contribution in [0.3, 0.4) is 0 Å². The summed E-state index contributed by atoms with van der Waals surface area (Å²) in [5.41, 5.74) is 1.91. The smallest absolute Gasteiger partial charge is 0.214 e. The van der Waals surface area contributed by atoms with Gasteiger partial charge >= 0.3 is 0 Å².